The fourth-order valence-electron chi connectivity index (χ4n) is 4.79. The van der Waals surface area contributed by atoms with Gasteiger partial charge in [0.25, 0.3) is 6.47 Å². The lowest BCUT2D eigenvalue weighted by Gasteiger charge is -2.46. The summed E-state index contributed by atoms with van der Waals surface area (Å²) in [5.41, 5.74) is 0.345. The van der Waals surface area contributed by atoms with Crippen LogP contribution in [0.15, 0.2) is 0 Å². The summed E-state index contributed by atoms with van der Waals surface area (Å²) in [4.78, 5) is 23.2. The number of carbonyl (C=O) groups excluding carboxylic acids is 1. The Morgan fingerprint density at radius 3 is 2.33 bits per heavy atom. The molecule has 1 amide bonds. The van der Waals surface area contributed by atoms with Gasteiger partial charge in [0.2, 0.25) is 5.91 Å². The number of likely N-dealkylation sites (tertiary alicyclic amines) is 1. The van der Waals surface area contributed by atoms with Gasteiger partial charge in [-0.3, -0.25) is 9.59 Å². The standard InChI is InChI=1S/C20H36N2O2.CH2O2/c1-16(2)21-19(23)18-8-9-20(15-24-18)10-12-22(13-11-20)14-17-6-4-3-5-7-17;2-1-3/h16-18H,3-15H2,1-2H3,(H,21,23);1H,(H,2,3). The Morgan fingerprint density at radius 1 is 1.19 bits per heavy atom. The lowest BCUT2D eigenvalue weighted by Crippen LogP contribution is -2.50. The lowest BCUT2D eigenvalue weighted by atomic mass is 9.73. The third-order valence-corrected chi connectivity index (χ3v) is 6.41. The van der Waals surface area contributed by atoms with Gasteiger partial charge >= 0.3 is 0 Å². The molecule has 2 N–H and O–H groups in total. The number of amides is 1. The highest BCUT2D eigenvalue weighted by Gasteiger charge is 2.40. The summed E-state index contributed by atoms with van der Waals surface area (Å²) in [6.45, 7) is 8.30. The van der Waals surface area contributed by atoms with Gasteiger partial charge in [-0.15, -0.1) is 0 Å². The quantitative estimate of drug-likeness (QED) is 0.731. The molecular formula is C21H38N2O4. The summed E-state index contributed by atoms with van der Waals surface area (Å²) in [5, 5.41) is 9.87. The molecule has 156 valence electrons. The van der Waals surface area contributed by atoms with E-state index in [9.17, 15) is 4.79 Å². The van der Waals surface area contributed by atoms with Crippen LogP contribution >= 0.6 is 0 Å². The SMILES string of the molecule is CC(C)NC(=O)C1CCC2(CCN(CC3CCCCC3)CC2)CO1.O=CO. The van der Waals surface area contributed by atoms with E-state index in [1.807, 2.05) is 13.8 Å². The molecule has 6 heteroatoms. The fraction of sp³-hybridized carbons (Fsp3) is 0.905. The Labute approximate surface area is 164 Å². The number of nitrogens with zero attached hydrogens (tertiary/aromatic N) is 1. The summed E-state index contributed by atoms with van der Waals surface area (Å²) in [7, 11) is 0. The molecule has 2 heterocycles. The van der Waals surface area contributed by atoms with Crippen molar-refractivity contribution >= 4 is 12.4 Å². The third-order valence-electron chi connectivity index (χ3n) is 6.41. The Kier molecular flexibility index (Phi) is 9.03. The van der Waals surface area contributed by atoms with Gasteiger partial charge in [-0.2, -0.15) is 0 Å². The van der Waals surface area contributed by atoms with Crippen LogP contribution in [0.3, 0.4) is 0 Å². The Hall–Kier alpha value is -1.14. The number of piperidine rings is 1. The predicted molar refractivity (Wildman–Crippen MR) is 106 cm³/mol. The molecule has 27 heavy (non-hydrogen) atoms. The number of rotatable bonds is 4. The van der Waals surface area contributed by atoms with Crippen molar-refractivity contribution in [1.82, 2.24) is 10.2 Å². The Morgan fingerprint density at radius 2 is 1.81 bits per heavy atom. The molecule has 1 atom stereocenters. The zero-order chi connectivity index (χ0) is 19.7. The van der Waals surface area contributed by atoms with E-state index in [1.54, 1.807) is 0 Å². The fourth-order valence-corrected chi connectivity index (χ4v) is 4.79. The van der Waals surface area contributed by atoms with Crippen LogP contribution in [0.4, 0.5) is 0 Å². The molecule has 3 fully saturated rings. The molecule has 3 aliphatic rings. The zero-order valence-corrected chi connectivity index (χ0v) is 17.1. The van der Waals surface area contributed by atoms with Crippen molar-refractivity contribution in [3.05, 3.63) is 0 Å². The molecule has 6 nitrogen and oxygen atoms in total. The number of hydrogen-bond acceptors (Lipinski definition) is 4. The summed E-state index contributed by atoms with van der Waals surface area (Å²) in [6.07, 6.45) is 11.5. The minimum absolute atomic E-state index is 0.0783. The lowest BCUT2D eigenvalue weighted by molar-refractivity contribution is -0.145. The van der Waals surface area contributed by atoms with E-state index >= 15 is 0 Å². The van der Waals surface area contributed by atoms with Gasteiger partial charge in [0.1, 0.15) is 6.10 Å². The van der Waals surface area contributed by atoms with Crippen LogP contribution in [0.1, 0.15) is 71.6 Å². The van der Waals surface area contributed by atoms with Gasteiger partial charge in [-0.1, -0.05) is 19.3 Å². The maximum Gasteiger partial charge on any atom is 0.290 e. The van der Waals surface area contributed by atoms with Crippen LogP contribution in [0.5, 0.6) is 0 Å². The first-order valence-corrected chi connectivity index (χ1v) is 10.7. The first-order valence-electron chi connectivity index (χ1n) is 10.7. The molecule has 2 aliphatic heterocycles. The highest BCUT2D eigenvalue weighted by Crippen LogP contribution is 2.41. The smallest absolute Gasteiger partial charge is 0.290 e. The summed E-state index contributed by atoms with van der Waals surface area (Å²) >= 11 is 0. The van der Waals surface area contributed by atoms with Crippen LogP contribution in [0, 0.1) is 11.3 Å². The highest BCUT2D eigenvalue weighted by molar-refractivity contribution is 5.81. The number of hydrogen-bond donors (Lipinski definition) is 2. The third kappa shape index (κ3) is 7.07. The van der Waals surface area contributed by atoms with E-state index < -0.39 is 0 Å². The first kappa shape index (κ1) is 22.2. The molecule has 1 spiro atoms. The molecular weight excluding hydrogens is 344 g/mol. The second-order valence-electron chi connectivity index (χ2n) is 8.91. The second-order valence-corrected chi connectivity index (χ2v) is 8.91. The minimum atomic E-state index is -0.250. The normalized spacial score (nSPS) is 26.3. The number of carbonyl (C=O) groups is 2. The molecule has 2 saturated heterocycles. The molecule has 3 rings (SSSR count). The Bertz CT molecular complexity index is 445. The van der Waals surface area contributed by atoms with Crippen molar-refractivity contribution in [2.45, 2.75) is 83.8 Å². The van der Waals surface area contributed by atoms with Crippen LogP contribution in [0.2, 0.25) is 0 Å². The largest absolute Gasteiger partial charge is 0.483 e. The molecule has 0 aromatic heterocycles. The average Bonchev–Trinajstić information content (AvgIpc) is 2.65. The van der Waals surface area contributed by atoms with Gasteiger partial charge in [0.05, 0.1) is 6.61 Å². The molecule has 0 aromatic rings. The molecule has 0 aromatic carbocycles. The van der Waals surface area contributed by atoms with Crippen LogP contribution < -0.4 is 5.32 Å². The second kappa shape index (κ2) is 11.0. The van der Waals surface area contributed by atoms with Crippen LogP contribution in [-0.4, -0.2) is 60.8 Å². The van der Waals surface area contributed by atoms with Gasteiger partial charge in [0, 0.05) is 12.6 Å². The monoisotopic (exact) mass is 382 g/mol. The molecule has 1 saturated carbocycles. The summed E-state index contributed by atoms with van der Waals surface area (Å²) in [6, 6.07) is 0.194. The van der Waals surface area contributed by atoms with E-state index in [-0.39, 0.29) is 24.5 Å². The van der Waals surface area contributed by atoms with Crippen LogP contribution in [0.25, 0.3) is 0 Å². The molecule has 1 aliphatic carbocycles. The number of nitrogens with one attached hydrogen (secondary N) is 1. The van der Waals surface area contributed by atoms with E-state index in [2.05, 4.69) is 10.2 Å². The van der Waals surface area contributed by atoms with Crippen molar-refractivity contribution in [2.24, 2.45) is 11.3 Å². The topological polar surface area (TPSA) is 78.9 Å². The van der Waals surface area contributed by atoms with Crippen molar-refractivity contribution < 1.29 is 19.4 Å². The van der Waals surface area contributed by atoms with Gasteiger partial charge in [-0.05, 0) is 76.8 Å². The molecule has 1 unspecified atom stereocenters. The van der Waals surface area contributed by atoms with E-state index in [0.717, 1.165) is 25.4 Å². The predicted octanol–water partition coefficient (Wildman–Crippen LogP) is 3.05. The zero-order valence-electron chi connectivity index (χ0n) is 17.1. The average molecular weight is 383 g/mol. The van der Waals surface area contributed by atoms with Crippen LogP contribution in [-0.2, 0) is 14.3 Å². The Balaban J connectivity index is 0.000000817. The summed E-state index contributed by atoms with van der Waals surface area (Å²) < 4.78 is 5.99. The summed E-state index contributed by atoms with van der Waals surface area (Å²) in [5.74, 6) is 1.02. The first-order chi connectivity index (χ1) is 13.0. The minimum Gasteiger partial charge on any atom is -0.483 e. The van der Waals surface area contributed by atoms with Gasteiger partial charge in [0.15, 0.2) is 0 Å². The van der Waals surface area contributed by atoms with E-state index in [4.69, 9.17) is 14.6 Å². The van der Waals surface area contributed by atoms with E-state index in [0.29, 0.717) is 5.41 Å². The van der Waals surface area contributed by atoms with Crippen molar-refractivity contribution in [2.75, 3.05) is 26.2 Å². The number of ether oxygens (including phenoxy) is 1. The maximum atomic E-state index is 12.1. The van der Waals surface area contributed by atoms with Gasteiger partial charge in [-0.25, -0.2) is 0 Å². The molecule has 0 radical (unpaired) electrons. The van der Waals surface area contributed by atoms with E-state index in [1.165, 1.54) is 64.6 Å². The van der Waals surface area contributed by atoms with Gasteiger partial charge < -0.3 is 20.1 Å². The number of carboxylic acid groups (broad SMARTS) is 1. The highest BCUT2D eigenvalue weighted by atomic mass is 16.5. The van der Waals surface area contributed by atoms with Crippen molar-refractivity contribution in [3.63, 3.8) is 0 Å². The van der Waals surface area contributed by atoms with Crippen molar-refractivity contribution in [1.29, 1.82) is 0 Å². The maximum absolute atomic E-state index is 12.1. The molecule has 0 bridgehead atoms. The van der Waals surface area contributed by atoms with Crippen molar-refractivity contribution in [3.8, 4) is 0 Å².